The van der Waals surface area contributed by atoms with E-state index in [1.165, 1.54) is 34.9 Å². The highest BCUT2D eigenvalue weighted by molar-refractivity contribution is 8.03. The van der Waals surface area contributed by atoms with Crippen LogP contribution in [0.15, 0.2) is 32.9 Å². The maximum absolute atomic E-state index is 12.0. The molecule has 1 N–H and O–H groups in total. The van der Waals surface area contributed by atoms with Crippen LogP contribution < -0.4 is 5.32 Å². The first-order valence-electron chi connectivity index (χ1n) is 8.22. The van der Waals surface area contributed by atoms with Crippen LogP contribution in [-0.2, 0) is 9.59 Å². The van der Waals surface area contributed by atoms with Gasteiger partial charge in [-0.2, -0.15) is 5.26 Å². The fraction of sp³-hybridized carbons (Fsp3) is 0.353. The average molecular weight is 422 g/mol. The summed E-state index contributed by atoms with van der Waals surface area (Å²) >= 11 is 4.01. The number of hydrogen-bond acceptors (Lipinski definition) is 8. The van der Waals surface area contributed by atoms with E-state index in [0.717, 1.165) is 0 Å². The second-order valence-corrected chi connectivity index (χ2v) is 8.64. The molecule has 10 heteroatoms. The molecule has 0 atom stereocenters. The van der Waals surface area contributed by atoms with E-state index in [4.69, 9.17) is 5.26 Å². The molecular formula is C17H19N5O2S3. The summed E-state index contributed by atoms with van der Waals surface area (Å²) in [6.45, 7) is 5.29. The minimum absolute atomic E-state index is 0.0772. The number of nitriles is 1. The monoisotopic (exact) mass is 421 g/mol. The highest BCUT2D eigenvalue weighted by atomic mass is 32.2. The van der Waals surface area contributed by atoms with Crippen LogP contribution in [0.1, 0.15) is 19.4 Å². The van der Waals surface area contributed by atoms with Crippen molar-refractivity contribution < 1.29 is 9.59 Å². The number of aromatic nitrogens is 2. The van der Waals surface area contributed by atoms with Gasteiger partial charge in [-0.25, -0.2) is 0 Å². The molecule has 0 radical (unpaired) electrons. The second-order valence-electron chi connectivity index (χ2n) is 5.22. The molecule has 0 spiro atoms. The van der Waals surface area contributed by atoms with Gasteiger partial charge in [0, 0.05) is 18.8 Å². The summed E-state index contributed by atoms with van der Waals surface area (Å²) in [4.78, 5) is 25.8. The van der Waals surface area contributed by atoms with Crippen LogP contribution in [0.2, 0.25) is 0 Å². The quantitative estimate of drug-likeness (QED) is 0.621. The summed E-state index contributed by atoms with van der Waals surface area (Å²) in [6, 6.07) is 8.78. The van der Waals surface area contributed by atoms with Gasteiger partial charge in [-0.1, -0.05) is 40.9 Å². The smallest absolute Gasteiger partial charge is 0.234 e. The molecule has 142 valence electrons. The third-order valence-electron chi connectivity index (χ3n) is 3.43. The Labute approximate surface area is 170 Å². The van der Waals surface area contributed by atoms with Gasteiger partial charge in [0.1, 0.15) is 0 Å². The maximum atomic E-state index is 12.0. The number of rotatable bonds is 9. The standard InChI is InChI=1S/C17H19N5O2S3/c1-3-22(4-2)15(24)11-26-17-21-20-16(27-17)25-10-14(23)19-13-7-5-6-12(8-13)9-18/h5-8H,3-4,10-11H2,1-2H3,(H,19,23). The third kappa shape index (κ3) is 6.86. The molecule has 1 aromatic carbocycles. The molecule has 0 unspecified atom stereocenters. The predicted molar refractivity (Wildman–Crippen MR) is 109 cm³/mol. The van der Waals surface area contributed by atoms with Crippen LogP contribution >= 0.6 is 34.9 Å². The highest BCUT2D eigenvalue weighted by Gasteiger charge is 2.13. The number of benzene rings is 1. The summed E-state index contributed by atoms with van der Waals surface area (Å²) in [6.07, 6.45) is 0. The van der Waals surface area contributed by atoms with E-state index >= 15 is 0 Å². The first-order chi connectivity index (χ1) is 13.0. The molecule has 0 aliphatic rings. The lowest BCUT2D eigenvalue weighted by Crippen LogP contribution is -2.31. The van der Waals surface area contributed by atoms with E-state index in [1.54, 1.807) is 29.2 Å². The van der Waals surface area contributed by atoms with Gasteiger partial charge < -0.3 is 10.2 Å². The van der Waals surface area contributed by atoms with Crippen molar-refractivity contribution in [3.63, 3.8) is 0 Å². The van der Waals surface area contributed by atoms with Gasteiger partial charge in [-0.15, -0.1) is 10.2 Å². The van der Waals surface area contributed by atoms with Gasteiger partial charge in [0.2, 0.25) is 11.8 Å². The van der Waals surface area contributed by atoms with Gasteiger partial charge in [0.25, 0.3) is 0 Å². The fourth-order valence-corrected chi connectivity index (χ4v) is 4.82. The van der Waals surface area contributed by atoms with Crippen molar-refractivity contribution in [1.82, 2.24) is 15.1 Å². The average Bonchev–Trinajstić information content (AvgIpc) is 3.14. The Morgan fingerprint density at radius 1 is 1.19 bits per heavy atom. The van der Waals surface area contributed by atoms with E-state index in [2.05, 4.69) is 15.5 Å². The fourth-order valence-electron chi connectivity index (χ4n) is 2.10. The Morgan fingerprint density at radius 2 is 1.85 bits per heavy atom. The first-order valence-corrected chi connectivity index (χ1v) is 11.0. The summed E-state index contributed by atoms with van der Waals surface area (Å²) in [7, 11) is 0. The SMILES string of the molecule is CCN(CC)C(=O)CSc1nnc(SCC(=O)Nc2cccc(C#N)c2)s1. The number of amides is 2. The highest BCUT2D eigenvalue weighted by Crippen LogP contribution is 2.29. The first kappa shape index (κ1) is 21.2. The number of hydrogen-bond donors (Lipinski definition) is 1. The van der Waals surface area contributed by atoms with Gasteiger partial charge in [0.15, 0.2) is 8.68 Å². The number of thioether (sulfide) groups is 2. The maximum Gasteiger partial charge on any atom is 0.234 e. The lowest BCUT2D eigenvalue weighted by Gasteiger charge is -2.17. The Morgan fingerprint density at radius 3 is 2.48 bits per heavy atom. The largest absolute Gasteiger partial charge is 0.343 e. The molecule has 0 aliphatic carbocycles. The molecule has 0 fully saturated rings. The number of carbonyl (C=O) groups is 2. The molecule has 0 saturated carbocycles. The van der Waals surface area contributed by atoms with Crippen LogP contribution in [-0.4, -0.2) is 51.5 Å². The third-order valence-corrected chi connectivity index (χ3v) is 6.60. The zero-order chi connectivity index (χ0) is 19.6. The number of carbonyl (C=O) groups excluding carboxylic acids is 2. The minimum Gasteiger partial charge on any atom is -0.343 e. The summed E-state index contributed by atoms with van der Waals surface area (Å²) in [5.41, 5.74) is 1.08. The molecule has 2 rings (SSSR count). The molecule has 0 aliphatic heterocycles. The Bertz CT molecular complexity index is 830. The summed E-state index contributed by atoms with van der Waals surface area (Å²) < 4.78 is 1.38. The van der Waals surface area contributed by atoms with Crippen LogP contribution in [0.4, 0.5) is 5.69 Å². The van der Waals surface area contributed by atoms with Gasteiger partial charge in [-0.05, 0) is 32.0 Å². The Kier molecular flexibility index (Phi) is 8.57. The van der Waals surface area contributed by atoms with Crippen molar-refractivity contribution in [1.29, 1.82) is 5.26 Å². The molecule has 0 bridgehead atoms. The van der Waals surface area contributed by atoms with E-state index < -0.39 is 0 Å². The van der Waals surface area contributed by atoms with E-state index in [1.807, 2.05) is 19.9 Å². The molecule has 1 heterocycles. The van der Waals surface area contributed by atoms with Crippen molar-refractivity contribution >= 4 is 52.4 Å². The molecule has 27 heavy (non-hydrogen) atoms. The lowest BCUT2D eigenvalue weighted by molar-refractivity contribution is -0.128. The summed E-state index contributed by atoms with van der Waals surface area (Å²) in [5.74, 6) is 0.412. The van der Waals surface area contributed by atoms with Crippen molar-refractivity contribution in [3.8, 4) is 6.07 Å². The van der Waals surface area contributed by atoms with Crippen LogP contribution in [0.5, 0.6) is 0 Å². The lowest BCUT2D eigenvalue weighted by atomic mass is 10.2. The Hall–Kier alpha value is -2.09. The molecule has 2 amide bonds. The number of anilines is 1. The van der Waals surface area contributed by atoms with E-state index in [0.29, 0.717) is 38.8 Å². The van der Waals surface area contributed by atoms with Gasteiger partial charge in [-0.3, -0.25) is 9.59 Å². The van der Waals surface area contributed by atoms with E-state index in [9.17, 15) is 9.59 Å². The zero-order valence-electron chi connectivity index (χ0n) is 15.0. The van der Waals surface area contributed by atoms with E-state index in [-0.39, 0.29) is 17.6 Å². The molecule has 1 aromatic heterocycles. The summed E-state index contributed by atoms with van der Waals surface area (Å²) in [5, 5.41) is 19.7. The van der Waals surface area contributed by atoms with Gasteiger partial charge in [0.05, 0.1) is 23.1 Å². The Balaban J connectivity index is 1.79. The molecular weight excluding hydrogens is 402 g/mol. The minimum atomic E-state index is -0.184. The van der Waals surface area contributed by atoms with Crippen LogP contribution in [0.3, 0.4) is 0 Å². The zero-order valence-corrected chi connectivity index (χ0v) is 17.4. The molecule has 7 nitrogen and oxygen atoms in total. The number of nitrogens with one attached hydrogen (secondary N) is 1. The van der Waals surface area contributed by atoms with Crippen molar-refractivity contribution in [2.75, 3.05) is 29.9 Å². The predicted octanol–water partition coefficient (Wildman–Crippen LogP) is 3.10. The van der Waals surface area contributed by atoms with Gasteiger partial charge >= 0.3 is 0 Å². The van der Waals surface area contributed by atoms with Crippen molar-refractivity contribution in [3.05, 3.63) is 29.8 Å². The van der Waals surface area contributed by atoms with Crippen molar-refractivity contribution in [2.24, 2.45) is 0 Å². The normalized spacial score (nSPS) is 10.3. The number of nitrogens with zero attached hydrogens (tertiary/aromatic N) is 4. The molecule has 2 aromatic rings. The molecule has 0 saturated heterocycles. The van der Waals surface area contributed by atoms with Crippen molar-refractivity contribution in [2.45, 2.75) is 22.5 Å². The van der Waals surface area contributed by atoms with Crippen LogP contribution in [0, 0.1) is 11.3 Å². The second kappa shape index (κ2) is 10.9. The topological polar surface area (TPSA) is 99.0 Å². The van der Waals surface area contributed by atoms with Crippen LogP contribution in [0.25, 0.3) is 0 Å².